The number of halogens is 3. The van der Waals surface area contributed by atoms with Gasteiger partial charge in [0.15, 0.2) is 11.5 Å². The summed E-state index contributed by atoms with van der Waals surface area (Å²) >= 11 is 0. The van der Waals surface area contributed by atoms with Crippen LogP contribution in [0.4, 0.5) is 13.2 Å². The average Bonchev–Trinajstić information content (AvgIpc) is 2.67. The quantitative estimate of drug-likeness (QED) is 0.754. The van der Waals surface area contributed by atoms with Crippen molar-refractivity contribution in [3.63, 3.8) is 0 Å². The molecule has 0 atom stereocenters. The molecule has 1 heterocycles. The van der Waals surface area contributed by atoms with Crippen LogP contribution in [0.1, 0.15) is 30.3 Å². The highest BCUT2D eigenvalue weighted by atomic mass is 19.4. The maximum atomic E-state index is 12.0. The Labute approximate surface area is 96.4 Å². The van der Waals surface area contributed by atoms with Gasteiger partial charge in [0.2, 0.25) is 0 Å². The summed E-state index contributed by atoms with van der Waals surface area (Å²) in [6.07, 6.45) is -4.74. The maximum Gasteiger partial charge on any atom is 0.389 e. The summed E-state index contributed by atoms with van der Waals surface area (Å²) in [6, 6.07) is 0. The third-order valence-corrected chi connectivity index (χ3v) is 2.22. The molecule has 0 spiro atoms. The van der Waals surface area contributed by atoms with E-state index in [0.717, 1.165) is 0 Å². The van der Waals surface area contributed by atoms with Gasteiger partial charge in [-0.15, -0.1) is 0 Å². The highest BCUT2D eigenvalue weighted by Gasteiger charge is 2.29. The van der Waals surface area contributed by atoms with Crippen LogP contribution in [0.15, 0.2) is 6.20 Å². The fraction of sp³-hybridized carbons (Fsp3) is 0.600. The Kier molecular flexibility index (Phi) is 4.14. The fourth-order valence-electron chi connectivity index (χ4n) is 1.41. The van der Waals surface area contributed by atoms with Crippen molar-refractivity contribution < 1.29 is 22.7 Å². The van der Waals surface area contributed by atoms with Gasteiger partial charge in [-0.25, -0.2) is 0 Å². The highest BCUT2D eigenvalue weighted by molar-refractivity contribution is 5.97. The lowest BCUT2D eigenvalue weighted by molar-refractivity contribution is -0.133. The van der Waals surface area contributed by atoms with Crippen LogP contribution in [0, 0.1) is 0 Å². The minimum atomic E-state index is -4.33. The number of alkyl halides is 3. The lowest BCUT2D eigenvalue weighted by atomic mass is 10.1. The zero-order valence-corrected chi connectivity index (χ0v) is 9.54. The summed E-state index contributed by atoms with van der Waals surface area (Å²) in [5.74, 6) is -0.405. The summed E-state index contributed by atoms with van der Waals surface area (Å²) in [7, 11) is 1.34. The van der Waals surface area contributed by atoms with Gasteiger partial charge in [0.1, 0.15) is 5.69 Å². The first-order valence-corrected chi connectivity index (χ1v) is 5.08. The molecule has 1 aromatic heterocycles. The van der Waals surface area contributed by atoms with Gasteiger partial charge >= 0.3 is 6.18 Å². The number of methoxy groups -OCH3 is 1. The largest absolute Gasteiger partial charge is 0.493 e. The number of ketones is 1. The number of aryl methyl sites for hydroxylation is 1. The molecule has 17 heavy (non-hydrogen) atoms. The third kappa shape index (κ3) is 3.47. The molecular weight excluding hydrogens is 237 g/mol. The standard InChI is InChI=1S/C10H13F3N2O2/c1-3-15-9(8(17-2)6-14-15)7(16)4-5-10(11,12)13/h6H,3-5H2,1-2H3. The summed E-state index contributed by atoms with van der Waals surface area (Å²) in [4.78, 5) is 11.7. The smallest absolute Gasteiger partial charge is 0.389 e. The molecule has 0 amide bonds. The molecule has 0 bridgehead atoms. The summed E-state index contributed by atoms with van der Waals surface area (Å²) < 4.78 is 42.3. The molecule has 4 nitrogen and oxygen atoms in total. The lowest BCUT2D eigenvalue weighted by Gasteiger charge is -2.08. The highest BCUT2D eigenvalue weighted by Crippen LogP contribution is 2.25. The van der Waals surface area contributed by atoms with Crippen molar-refractivity contribution in [1.29, 1.82) is 0 Å². The SMILES string of the molecule is CCn1ncc(OC)c1C(=O)CCC(F)(F)F. The number of ether oxygens (including phenoxy) is 1. The number of nitrogens with zero attached hydrogens (tertiary/aromatic N) is 2. The first kappa shape index (κ1) is 13.5. The zero-order valence-electron chi connectivity index (χ0n) is 9.54. The van der Waals surface area contributed by atoms with E-state index in [1.165, 1.54) is 18.0 Å². The van der Waals surface area contributed by atoms with Crippen LogP contribution in [0.25, 0.3) is 0 Å². The molecule has 0 aliphatic carbocycles. The monoisotopic (exact) mass is 250 g/mol. The Bertz CT molecular complexity index is 377. The Morgan fingerprint density at radius 2 is 2.18 bits per heavy atom. The predicted molar refractivity (Wildman–Crippen MR) is 54.1 cm³/mol. The number of hydrogen-bond acceptors (Lipinski definition) is 3. The van der Waals surface area contributed by atoms with Crippen molar-refractivity contribution in [1.82, 2.24) is 9.78 Å². The van der Waals surface area contributed by atoms with E-state index in [2.05, 4.69) is 5.10 Å². The van der Waals surface area contributed by atoms with Crippen molar-refractivity contribution in [2.75, 3.05) is 7.11 Å². The number of hydrogen-bond donors (Lipinski definition) is 0. The summed E-state index contributed by atoms with van der Waals surface area (Å²) in [5.41, 5.74) is 0.0965. The minimum absolute atomic E-state index is 0.0965. The number of rotatable bonds is 5. The van der Waals surface area contributed by atoms with Crippen molar-refractivity contribution in [3.8, 4) is 5.75 Å². The van der Waals surface area contributed by atoms with E-state index in [1.807, 2.05) is 0 Å². The molecule has 1 rings (SSSR count). The fourth-order valence-corrected chi connectivity index (χ4v) is 1.41. The second kappa shape index (κ2) is 5.20. The third-order valence-electron chi connectivity index (χ3n) is 2.22. The topological polar surface area (TPSA) is 44.1 Å². The Balaban J connectivity index is 2.84. The van der Waals surface area contributed by atoms with Crippen LogP contribution >= 0.6 is 0 Å². The molecule has 0 aromatic carbocycles. The number of aromatic nitrogens is 2. The van der Waals surface area contributed by atoms with E-state index in [1.54, 1.807) is 6.92 Å². The Morgan fingerprint density at radius 1 is 1.53 bits per heavy atom. The van der Waals surface area contributed by atoms with Crippen molar-refractivity contribution >= 4 is 5.78 Å². The Hall–Kier alpha value is -1.53. The summed E-state index contributed by atoms with van der Waals surface area (Å²) in [5, 5.41) is 3.86. The molecule has 1 aromatic rings. The van der Waals surface area contributed by atoms with Gasteiger partial charge in [-0.2, -0.15) is 18.3 Å². The second-order valence-electron chi connectivity index (χ2n) is 3.42. The van der Waals surface area contributed by atoms with Crippen LogP contribution in [-0.2, 0) is 6.54 Å². The molecule has 0 unspecified atom stereocenters. The minimum Gasteiger partial charge on any atom is -0.493 e. The predicted octanol–water partition coefficient (Wildman–Crippen LogP) is 2.44. The molecule has 0 radical (unpaired) electrons. The average molecular weight is 250 g/mol. The second-order valence-corrected chi connectivity index (χ2v) is 3.42. The van der Waals surface area contributed by atoms with Crippen LogP contribution in [0.3, 0.4) is 0 Å². The Morgan fingerprint density at radius 3 is 2.65 bits per heavy atom. The van der Waals surface area contributed by atoms with E-state index in [-0.39, 0.29) is 11.4 Å². The summed E-state index contributed by atoms with van der Waals surface area (Å²) in [6.45, 7) is 2.14. The van der Waals surface area contributed by atoms with E-state index >= 15 is 0 Å². The number of Topliss-reactive ketones (excluding diaryl/α,β-unsaturated/α-hetero) is 1. The lowest BCUT2D eigenvalue weighted by Crippen LogP contribution is -2.15. The molecule has 0 saturated carbocycles. The van der Waals surface area contributed by atoms with Crippen LogP contribution in [-0.4, -0.2) is 28.8 Å². The van der Waals surface area contributed by atoms with Crippen LogP contribution in [0.5, 0.6) is 5.75 Å². The van der Waals surface area contributed by atoms with Gasteiger partial charge in [-0.3, -0.25) is 9.48 Å². The van der Waals surface area contributed by atoms with Gasteiger partial charge in [0.25, 0.3) is 0 Å². The zero-order chi connectivity index (χ0) is 13.1. The van der Waals surface area contributed by atoms with Gasteiger partial charge in [0, 0.05) is 13.0 Å². The van der Waals surface area contributed by atoms with Crippen molar-refractivity contribution in [2.45, 2.75) is 32.5 Å². The van der Waals surface area contributed by atoms with Crippen LogP contribution in [0.2, 0.25) is 0 Å². The van der Waals surface area contributed by atoms with Crippen LogP contribution < -0.4 is 4.74 Å². The molecule has 0 aliphatic heterocycles. The molecule has 7 heteroatoms. The number of carbonyl (C=O) groups excluding carboxylic acids is 1. The normalized spacial score (nSPS) is 11.6. The maximum absolute atomic E-state index is 12.0. The molecular formula is C10H13F3N2O2. The molecule has 96 valence electrons. The first-order valence-electron chi connectivity index (χ1n) is 5.08. The number of carbonyl (C=O) groups is 1. The first-order chi connectivity index (χ1) is 7.89. The van der Waals surface area contributed by atoms with Crippen molar-refractivity contribution in [3.05, 3.63) is 11.9 Å². The molecule has 0 N–H and O–H groups in total. The van der Waals surface area contributed by atoms with E-state index in [9.17, 15) is 18.0 Å². The molecule has 0 fully saturated rings. The van der Waals surface area contributed by atoms with E-state index < -0.39 is 24.8 Å². The van der Waals surface area contributed by atoms with Gasteiger partial charge in [0.05, 0.1) is 19.7 Å². The van der Waals surface area contributed by atoms with E-state index in [4.69, 9.17) is 4.74 Å². The van der Waals surface area contributed by atoms with Crippen molar-refractivity contribution in [2.24, 2.45) is 0 Å². The molecule has 0 aliphatic rings. The van der Waals surface area contributed by atoms with E-state index in [0.29, 0.717) is 6.54 Å². The van der Waals surface area contributed by atoms with Gasteiger partial charge in [-0.05, 0) is 6.92 Å². The van der Waals surface area contributed by atoms with Gasteiger partial charge in [-0.1, -0.05) is 0 Å². The van der Waals surface area contributed by atoms with Gasteiger partial charge < -0.3 is 4.74 Å². The molecule has 0 saturated heterocycles.